The highest BCUT2D eigenvalue weighted by molar-refractivity contribution is 9.10. The highest BCUT2D eigenvalue weighted by Gasteiger charge is 2.15. The molecule has 0 radical (unpaired) electrons. The minimum atomic E-state index is -0.542. The zero-order valence-electron chi connectivity index (χ0n) is 10.7. The van der Waals surface area contributed by atoms with Gasteiger partial charge in [0.2, 0.25) is 0 Å². The SMILES string of the molecule is C[C@@H](NC(=O)c1ccc(Br)cc1F)c1ccc(Br)cc1. The van der Waals surface area contributed by atoms with Crippen molar-refractivity contribution in [2.45, 2.75) is 13.0 Å². The van der Waals surface area contributed by atoms with Gasteiger partial charge in [0.05, 0.1) is 11.6 Å². The van der Waals surface area contributed by atoms with Crippen molar-refractivity contribution < 1.29 is 9.18 Å². The first-order valence-electron chi connectivity index (χ1n) is 5.99. The molecule has 1 atom stereocenters. The van der Waals surface area contributed by atoms with Gasteiger partial charge in [0.25, 0.3) is 5.91 Å². The fraction of sp³-hybridized carbons (Fsp3) is 0.133. The molecule has 0 aliphatic rings. The van der Waals surface area contributed by atoms with Gasteiger partial charge in [-0.25, -0.2) is 4.39 Å². The molecule has 5 heteroatoms. The van der Waals surface area contributed by atoms with Crippen molar-refractivity contribution in [3.05, 3.63) is 68.4 Å². The van der Waals surface area contributed by atoms with Gasteiger partial charge in [-0.3, -0.25) is 4.79 Å². The van der Waals surface area contributed by atoms with E-state index in [1.165, 1.54) is 12.1 Å². The van der Waals surface area contributed by atoms with Gasteiger partial charge in [-0.2, -0.15) is 0 Å². The smallest absolute Gasteiger partial charge is 0.254 e. The molecular formula is C15H12Br2FNO. The molecule has 0 spiro atoms. The molecule has 0 heterocycles. The van der Waals surface area contributed by atoms with Gasteiger partial charge < -0.3 is 5.32 Å². The van der Waals surface area contributed by atoms with Gasteiger partial charge in [-0.1, -0.05) is 44.0 Å². The molecule has 2 rings (SSSR count). The van der Waals surface area contributed by atoms with E-state index < -0.39 is 11.7 Å². The Morgan fingerprint density at radius 2 is 1.70 bits per heavy atom. The fourth-order valence-electron chi connectivity index (χ4n) is 1.78. The van der Waals surface area contributed by atoms with Crippen LogP contribution >= 0.6 is 31.9 Å². The van der Waals surface area contributed by atoms with Crippen LogP contribution in [0, 0.1) is 5.82 Å². The van der Waals surface area contributed by atoms with Crippen LogP contribution in [0.3, 0.4) is 0 Å². The van der Waals surface area contributed by atoms with E-state index in [-0.39, 0.29) is 11.6 Å². The molecule has 2 nitrogen and oxygen atoms in total. The topological polar surface area (TPSA) is 29.1 Å². The van der Waals surface area contributed by atoms with E-state index in [1.54, 1.807) is 6.07 Å². The van der Waals surface area contributed by atoms with Crippen molar-refractivity contribution in [2.24, 2.45) is 0 Å². The Labute approximate surface area is 133 Å². The molecule has 2 aromatic rings. The third kappa shape index (κ3) is 3.67. The molecule has 1 N–H and O–H groups in total. The average molecular weight is 401 g/mol. The Hall–Kier alpha value is -1.20. The lowest BCUT2D eigenvalue weighted by atomic mass is 10.1. The summed E-state index contributed by atoms with van der Waals surface area (Å²) in [6.07, 6.45) is 0. The second-order valence-electron chi connectivity index (χ2n) is 4.37. The molecule has 20 heavy (non-hydrogen) atoms. The van der Waals surface area contributed by atoms with E-state index in [1.807, 2.05) is 31.2 Å². The van der Waals surface area contributed by atoms with Crippen LogP contribution in [-0.2, 0) is 0 Å². The van der Waals surface area contributed by atoms with Crippen LogP contribution in [0.25, 0.3) is 0 Å². The summed E-state index contributed by atoms with van der Waals surface area (Å²) in [5, 5.41) is 2.78. The van der Waals surface area contributed by atoms with Crippen LogP contribution in [0.1, 0.15) is 28.9 Å². The van der Waals surface area contributed by atoms with Crippen LogP contribution in [0.15, 0.2) is 51.4 Å². The van der Waals surface area contributed by atoms with E-state index in [0.29, 0.717) is 4.47 Å². The van der Waals surface area contributed by atoms with Crippen molar-refractivity contribution >= 4 is 37.8 Å². The van der Waals surface area contributed by atoms with E-state index in [4.69, 9.17) is 0 Å². The fourth-order valence-corrected chi connectivity index (χ4v) is 2.38. The van der Waals surface area contributed by atoms with Crippen molar-refractivity contribution in [1.82, 2.24) is 5.32 Å². The van der Waals surface area contributed by atoms with E-state index >= 15 is 0 Å². The molecule has 0 aromatic heterocycles. The molecule has 0 saturated carbocycles. The van der Waals surface area contributed by atoms with Crippen LogP contribution in [0.5, 0.6) is 0 Å². The lowest BCUT2D eigenvalue weighted by Gasteiger charge is -2.15. The summed E-state index contributed by atoms with van der Waals surface area (Å²) >= 11 is 6.52. The number of amides is 1. The highest BCUT2D eigenvalue weighted by atomic mass is 79.9. The van der Waals surface area contributed by atoms with E-state index in [9.17, 15) is 9.18 Å². The summed E-state index contributed by atoms with van der Waals surface area (Å²) in [6, 6.07) is 11.8. The standard InChI is InChI=1S/C15H12Br2FNO/c1-9(10-2-4-11(16)5-3-10)19-15(20)13-7-6-12(17)8-14(13)18/h2-9H,1H3,(H,19,20)/t9-/m1/s1. The molecule has 0 bridgehead atoms. The molecule has 104 valence electrons. The van der Waals surface area contributed by atoms with Crippen molar-refractivity contribution in [2.75, 3.05) is 0 Å². The molecule has 0 aliphatic heterocycles. The Morgan fingerprint density at radius 3 is 2.30 bits per heavy atom. The maximum Gasteiger partial charge on any atom is 0.254 e. The Morgan fingerprint density at radius 1 is 1.10 bits per heavy atom. The quantitative estimate of drug-likeness (QED) is 0.784. The van der Waals surface area contributed by atoms with Crippen LogP contribution < -0.4 is 5.32 Å². The average Bonchev–Trinajstić information content (AvgIpc) is 2.39. The second-order valence-corrected chi connectivity index (χ2v) is 6.20. The lowest BCUT2D eigenvalue weighted by molar-refractivity contribution is 0.0936. The van der Waals surface area contributed by atoms with Gasteiger partial charge in [0, 0.05) is 8.95 Å². The zero-order valence-corrected chi connectivity index (χ0v) is 13.8. The second kappa shape index (κ2) is 6.50. The number of hydrogen-bond acceptors (Lipinski definition) is 1. The van der Waals surface area contributed by atoms with Gasteiger partial charge in [0.15, 0.2) is 0 Å². The molecular weight excluding hydrogens is 389 g/mol. The Kier molecular flexibility index (Phi) is 4.94. The van der Waals surface area contributed by atoms with Gasteiger partial charge >= 0.3 is 0 Å². The first kappa shape index (κ1) is 15.2. The summed E-state index contributed by atoms with van der Waals surface area (Å²) in [7, 11) is 0. The summed E-state index contributed by atoms with van der Waals surface area (Å²) < 4.78 is 15.3. The van der Waals surface area contributed by atoms with Crippen molar-refractivity contribution in [3.8, 4) is 0 Å². The Balaban J connectivity index is 2.13. The molecule has 0 fully saturated rings. The van der Waals surface area contributed by atoms with Crippen molar-refractivity contribution in [3.63, 3.8) is 0 Å². The Bertz CT molecular complexity index is 628. The van der Waals surface area contributed by atoms with E-state index in [2.05, 4.69) is 37.2 Å². The number of carbonyl (C=O) groups is 1. The van der Waals surface area contributed by atoms with Crippen LogP contribution in [0.4, 0.5) is 4.39 Å². The van der Waals surface area contributed by atoms with Crippen LogP contribution in [0.2, 0.25) is 0 Å². The number of rotatable bonds is 3. The third-order valence-electron chi connectivity index (χ3n) is 2.89. The number of halogens is 3. The predicted molar refractivity (Wildman–Crippen MR) is 84.1 cm³/mol. The van der Waals surface area contributed by atoms with Crippen molar-refractivity contribution in [1.29, 1.82) is 0 Å². The van der Waals surface area contributed by atoms with Gasteiger partial charge in [-0.05, 0) is 42.8 Å². The maximum absolute atomic E-state index is 13.7. The zero-order chi connectivity index (χ0) is 14.7. The van der Waals surface area contributed by atoms with E-state index in [0.717, 1.165) is 10.0 Å². The first-order chi connectivity index (χ1) is 9.47. The minimum Gasteiger partial charge on any atom is -0.345 e. The number of benzene rings is 2. The van der Waals surface area contributed by atoms with Crippen LogP contribution in [-0.4, -0.2) is 5.91 Å². The number of nitrogens with one attached hydrogen (secondary N) is 1. The number of carbonyl (C=O) groups excluding carboxylic acids is 1. The molecule has 0 unspecified atom stereocenters. The van der Waals surface area contributed by atoms with Gasteiger partial charge in [-0.15, -0.1) is 0 Å². The maximum atomic E-state index is 13.7. The summed E-state index contributed by atoms with van der Waals surface area (Å²) in [5.74, 6) is -0.967. The number of hydrogen-bond donors (Lipinski definition) is 1. The molecule has 1 amide bonds. The normalized spacial score (nSPS) is 12.0. The molecule has 0 aliphatic carbocycles. The summed E-state index contributed by atoms with van der Waals surface area (Å²) in [6.45, 7) is 1.86. The molecule has 0 saturated heterocycles. The monoisotopic (exact) mass is 399 g/mol. The first-order valence-corrected chi connectivity index (χ1v) is 7.57. The van der Waals surface area contributed by atoms with Gasteiger partial charge in [0.1, 0.15) is 5.82 Å². The highest BCUT2D eigenvalue weighted by Crippen LogP contribution is 2.19. The summed E-state index contributed by atoms with van der Waals surface area (Å²) in [5.41, 5.74) is 0.997. The third-order valence-corrected chi connectivity index (χ3v) is 3.92. The largest absolute Gasteiger partial charge is 0.345 e. The summed E-state index contributed by atoms with van der Waals surface area (Å²) in [4.78, 5) is 12.1. The minimum absolute atomic E-state index is 0.0390. The lowest BCUT2D eigenvalue weighted by Crippen LogP contribution is -2.27. The molecule has 2 aromatic carbocycles. The predicted octanol–water partition coefficient (Wildman–Crippen LogP) is 4.84.